The van der Waals surface area contributed by atoms with Crippen molar-refractivity contribution < 1.29 is 14.8 Å². The molecule has 0 saturated carbocycles. The summed E-state index contributed by atoms with van der Waals surface area (Å²) >= 11 is 0. The number of nitro groups is 1. The van der Waals surface area contributed by atoms with Gasteiger partial charge >= 0.3 is 11.7 Å². The van der Waals surface area contributed by atoms with Crippen molar-refractivity contribution in [3.63, 3.8) is 0 Å². The Morgan fingerprint density at radius 2 is 2.33 bits per heavy atom. The lowest BCUT2D eigenvalue weighted by molar-refractivity contribution is -0.385. The zero-order valence-electron chi connectivity index (χ0n) is 10.8. The smallest absolute Gasteiger partial charge is 0.342 e. The first kappa shape index (κ1) is 14.4. The maximum Gasteiger partial charge on any atom is 0.342 e. The minimum atomic E-state index is -1.37. The van der Waals surface area contributed by atoms with E-state index in [9.17, 15) is 14.9 Å². The van der Waals surface area contributed by atoms with Crippen LogP contribution in [-0.2, 0) is 6.54 Å². The molecule has 2 aromatic rings. The van der Waals surface area contributed by atoms with Gasteiger partial charge in [-0.1, -0.05) is 5.21 Å². The predicted molar refractivity (Wildman–Crippen MR) is 71.0 cm³/mol. The molecule has 0 saturated heterocycles. The standard InChI is InChI=1S/C11H12N6O4/c18-11(19)8-6-10(13-7-9(8)17(20)21)12-2-1-4-16-5-3-14-15-16/h3,5-7H,1-2,4H2,(H,12,13)(H,18,19). The van der Waals surface area contributed by atoms with Crippen LogP contribution in [0.4, 0.5) is 11.5 Å². The Kier molecular flexibility index (Phi) is 4.39. The summed E-state index contributed by atoms with van der Waals surface area (Å²) in [5.74, 6) is -1.09. The van der Waals surface area contributed by atoms with Gasteiger partial charge in [0.15, 0.2) is 0 Å². The van der Waals surface area contributed by atoms with Gasteiger partial charge in [0.25, 0.3) is 0 Å². The third-order valence-electron chi connectivity index (χ3n) is 2.65. The van der Waals surface area contributed by atoms with Gasteiger partial charge in [-0.05, 0) is 6.42 Å². The van der Waals surface area contributed by atoms with Crippen molar-refractivity contribution >= 4 is 17.5 Å². The van der Waals surface area contributed by atoms with E-state index in [1.54, 1.807) is 17.1 Å². The van der Waals surface area contributed by atoms with Crippen molar-refractivity contribution in [2.45, 2.75) is 13.0 Å². The number of carbonyl (C=O) groups is 1. The Labute approximate surface area is 118 Å². The van der Waals surface area contributed by atoms with Crippen LogP contribution in [0.3, 0.4) is 0 Å². The molecular formula is C11H12N6O4. The highest BCUT2D eigenvalue weighted by atomic mass is 16.6. The summed E-state index contributed by atoms with van der Waals surface area (Å²) in [7, 11) is 0. The van der Waals surface area contributed by atoms with Crippen LogP contribution in [0.15, 0.2) is 24.7 Å². The predicted octanol–water partition coefficient (Wildman–Crippen LogP) is 0.782. The molecule has 0 fully saturated rings. The maximum atomic E-state index is 11.0. The number of nitrogens with zero attached hydrogens (tertiary/aromatic N) is 5. The van der Waals surface area contributed by atoms with Gasteiger partial charge in [-0.3, -0.25) is 14.8 Å². The molecule has 2 N–H and O–H groups in total. The van der Waals surface area contributed by atoms with E-state index in [-0.39, 0.29) is 5.82 Å². The van der Waals surface area contributed by atoms with E-state index in [1.165, 1.54) is 0 Å². The molecule has 2 heterocycles. The zero-order valence-corrected chi connectivity index (χ0v) is 10.8. The lowest BCUT2D eigenvalue weighted by atomic mass is 10.2. The monoisotopic (exact) mass is 292 g/mol. The quantitative estimate of drug-likeness (QED) is 0.434. The second kappa shape index (κ2) is 6.41. The van der Waals surface area contributed by atoms with Gasteiger partial charge in [-0.2, -0.15) is 0 Å². The third kappa shape index (κ3) is 3.72. The highest BCUT2D eigenvalue weighted by molar-refractivity contribution is 5.93. The first-order valence-corrected chi connectivity index (χ1v) is 6.03. The van der Waals surface area contributed by atoms with Crippen LogP contribution in [0.25, 0.3) is 0 Å². The van der Waals surface area contributed by atoms with Crippen molar-refractivity contribution in [1.29, 1.82) is 0 Å². The van der Waals surface area contributed by atoms with Crippen molar-refractivity contribution in [3.8, 4) is 0 Å². The fraction of sp³-hybridized carbons (Fsp3) is 0.273. The molecule has 0 aliphatic heterocycles. The van der Waals surface area contributed by atoms with Crippen LogP contribution in [0, 0.1) is 10.1 Å². The van der Waals surface area contributed by atoms with Crippen LogP contribution in [0.2, 0.25) is 0 Å². The number of aryl methyl sites for hydroxylation is 1. The van der Waals surface area contributed by atoms with E-state index in [1.807, 2.05) is 0 Å². The van der Waals surface area contributed by atoms with Crippen molar-refractivity contribution in [2.75, 3.05) is 11.9 Å². The summed E-state index contributed by atoms with van der Waals surface area (Å²) in [5, 5.41) is 30.0. The molecule has 10 nitrogen and oxygen atoms in total. The highest BCUT2D eigenvalue weighted by Crippen LogP contribution is 2.20. The number of anilines is 1. The van der Waals surface area contributed by atoms with Gasteiger partial charge in [0.05, 0.1) is 11.1 Å². The summed E-state index contributed by atoms with van der Waals surface area (Å²) in [6, 6.07) is 1.15. The Morgan fingerprint density at radius 1 is 1.52 bits per heavy atom. The Hall–Kier alpha value is -3.04. The van der Waals surface area contributed by atoms with Gasteiger partial charge < -0.3 is 10.4 Å². The fourth-order valence-electron chi connectivity index (χ4n) is 1.67. The number of nitrogens with one attached hydrogen (secondary N) is 1. The van der Waals surface area contributed by atoms with E-state index in [2.05, 4.69) is 20.6 Å². The second-order valence-corrected chi connectivity index (χ2v) is 4.10. The molecule has 0 bridgehead atoms. The summed E-state index contributed by atoms with van der Waals surface area (Å²) < 4.78 is 1.66. The first-order chi connectivity index (χ1) is 10.1. The van der Waals surface area contributed by atoms with E-state index >= 15 is 0 Å². The molecule has 0 unspecified atom stereocenters. The Bertz CT molecular complexity index is 642. The number of aromatic carboxylic acids is 1. The number of carboxylic acid groups (broad SMARTS) is 1. The maximum absolute atomic E-state index is 11.0. The Morgan fingerprint density at radius 3 is 2.95 bits per heavy atom. The summed E-state index contributed by atoms with van der Waals surface area (Å²) in [6.45, 7) is 1.16. The number of hydrogen-bond acceptors (Lipinski definition) is 7. The molecule has 2 rings (SSSR count). The van der Waals surface area contributed by atoms with Crippen LogP contribution < -0.4 is 5.32 Å². The van der Waals surface area contributed by atoms with Gasteiger partial charge in [-0.15, -0.1) is 5.10 Å². The minimum absolute atomic E-state index is 0.275. The molecule has 110 valence electrons. The molecule has 0 amide bonds. The number of rotatable bonds is 7. The lowest BCUT2D eigenvalue weighted by Gasteiger charge is -2.06. The molecule has 21 heavy (non-hydrogen) atoms. The van der Waals surface area contributed by atoms with Crippen molar-refractivity contribution in [1.82, 2.24) is 20.0 Å². The highest BCUT2D eigenvalue weighted by Gasteiger charge is 2.20. The van der Waals surface area contributed by atoms with E-state index in [4.69, 9.17) is 5.11 Å². The zero-order chi connectivity index (χ0) is 15.2. The number of hydrogen-bond donors (Lipinski definition) is 2. The number of carboxylic acids is 1. The first-order valence-electron chi connectivity index (χ1n) is 6.03. The molecule has 0 atom stereocenters. The molecule has 0 aliphatic rings. The topological polar surface area (TPSA) is 136 Å². The van der Waals surface area contributed by atoms with Gasteiger partial charge in [0.1, 0.15) is 17.6 Å². The summed E-state index contributed by atoms with van der Waals surface area (Å²) in [4.78, 5) is 24.7. The van der Waals surface area contributed by atoms with Crippen LogP contribution >= 0.6 is 0 Å². The number of pyridine rings is 1. The van der Waals surface area contributed by atoms with Gasteiger partial charge in [-0.25, -0.2) is 9.78 Å². The normalized spacial score (nSPS) is 10.3. The average molecular weight is 292 g/mol. The van der Waals surface area contributed by atoms with Crippen molar-refractivity contribution in [2.24, 2.45) is 0 Å². The third-order valence-corrected chi connectivity index (χ3v) is 2.65. The molecule has 0 aromatic carbocycles. The van der Waals surface area contributed by atoms with E-state index in [0.29, 0.717) is 19.5 Å². The molecule has 2 aromatic heterocycles. The van der Waals surface area contributed by atoms with Gasteiger partial charge in [0.2, 0.25) is 0 Å². The van der Waals surface area contributed by atoms with Crippen LogP contribution in [-0.4, -0.2) is 42.5 Å². The van der Waals surface area contributed by atoms with Crippen LogP contribution in [0.5, 0.6) is 0 Å². The van der Waals surface area contributed by atoms with E-state index < -0.39 is 22.1 Å². The molecule has 0 spiro atoms. The molecular weight excluding hydrogens is 280 g/mol. The average Bonchev–Trinajstić information content (AvgIpc) is 2.96. The minimum Gasteiger partial charge on any atom is -0.477 e. The molecule has 10 heteroatoms. The van der Waals surface area contributed by atoms with Crippen LogP contribution in [0.1, 0.15) is 16.8 Å². The largest absolute Gasteiger partial charge is 0.477 e. The summed E-state index contributed by atoms with van der Waals surface area (Å²) in [5.41, 5.74) is -0.926. The fourth-order valence-corrected chi connectivity index (χ4v) is 1.67. The molecule has 0 aliphatic carbocycles. The SMILES string of the molecule is O=C(O)c1cc(NCCCn2ccnn2)ncc1[N+](=O)[O-]. The van der Waals surface area contributed by atoms with Gasteiger partial charge in [0, 0.05) is 25.4 Å². The van der Waals surface area contributed by atoms with Crippen molar-refractivity contribution in [3.05, 3.63) is 40.3 Å². The Balaban J connectivity index is 1.95. The lowest BCUT2D eigenvalue weighted by Crippen LogP contribution is -2.10. The number of aromatic nitrogens is 4. The van der Waals surface area contributed by atoms with E-state index in [0.717, 1.165) is 12.3 Å². The second-order valence-electron chi connectivity index (χ2n) is 4.10. The molecule has 0 radical (unpaired) electrons. The summed E-state index contributed by atoms with van der Waals surface area (Å²) in [6.07, 6.45) is 4.95.